The molecule has 0 atom stereocenters. The molecule has 24 heavy (non-hydrogen) atoms. The number of aryl methyl sites for hydroxylation is 1. The maximum atomic E-state index is 11.1. The Labute approximate surface area is 140 Å². The van der Waals surface area contributed by atoms with Crippen molar-refractivity contribution in [3.05, 3.63) is 51.6 Å². The lowest BCUT2D eigenvalue weighted by atomic mass is 10.1. The van der Waals surface area contributed by atoms with E-state index in [1.165, 1.54) is 13.2 Å². The van der Waals surface area contributed by atoms with E-state index in [-0.39, 0.29) is 5.82 Å². The van der Waals surface area contributed by atoms with Crippen LogP contribution in [0.3, 0.4) is 0 Å². The first-order valence-electron chi connectivity index (χ1n) is 7.54. The third-order valence-electron chi connectivity index (χ3n) is 3.51. The van der Waals surface area contributed by atoms with Crippen LogP contribution in [0.25, 0.3) is 0 Å². The van der Waals surface area contributed by atoms with E-state index in [2.05, 4.69) is 4.98 Å². The molecular weight excluding hydrogens is 310 g/mol. The number of benzene rings is 1. The van der Waals surface area contributed by atoms with Gasteiger partial charge in [-0.1, -0.05) is 6.92 Å². The number of pyridine rings is 1. The van der Waals surface area contributed by atoms with Gasteiger partial charge in [0.25, 0.3) is 0 Å². The Morgan fingerprint density at radius 2 is 2.08 bits per heavy atom. The van der Waals surface area contributed by atoms with Gasteiger partial charge in [0.2, 0.25) is 5.82 Å². The summed E-state index contributed by atoms with van der Waals surface area (Å²) in [6.45, 7) is 4.42. The molecule has 0 spiro atoms. The predicted molar refractivity (Wildman–Crippen MR) is 91.3 cm³/mol. The van der Waals surface area contributed by atoms with Crippen LogP contribution in [-0.4, -0.2) is 29.8 Å². The molecule has 0 fully saturated rings. The van der Waals surface area contributed by atoms with E-state index < -0.39 is 4.92 Å². The van der Waals surface area contributed by atoms with Crippen LogP contribution in [0.2, 0.25) is 0 Å². The molecule has 0 saturated carbocycles. The zero-order chi connectivity index (χ0) is 17.7. The van der Waals surface area contributed by atoms with Crippen LogP contribution >= 0.6 is 0 Å². The lowest BCUT2D eigenvalue weighted by Gasteiger charge is -2.21. The molecule has 0 N–H and O–H groups in total. The third kappa shape index (κ3) is 3.68. The fourth-order valence-electron chi connectivity index (χ4n) is 2.43. The summed E-state index contributed by atoms with van der Waals surface area (Å²) in [6.07, 6.45) is 1.55. The van der Waals surface area contributed by atoms with Crippen LogP contribution in [0.1, 0.15) is 29.3 Å². The molecular formula is C17H19N3O4. The van der Waals surface area contributed by atoms with Gasteiger partial charge in [0, 0.05) is 30.4 Å². The van der Waals surface area contributed by atoms with Gasteiger partial charge in [-0.2, -0.15) is 0 Å². The molecule has 0 bridgehead atoms. The van der Waals surface area contributed by atoms with Crippen molar-refractivity contribution in [2.45, 2.75) is 20.3 Å². The van der Waals surface area contributed by atoms with Gasteiger partial charge < -0.3 is 19.8 Å². The fourth-order valence-corrected chi connectivity index (χ4v) is 2.43. The highest BCUT2D eigenvalue weighted by molar-refractivity contribution is 5.81. The number of carbonyl (C=O) groups is 1. The van der Waals surface area contributed by atoms with Crippen molar-refractivity contribution in [3.63, 3.8) is 0 Å². The number of hydrogen-bond acceptors (Lipinski definition) is 6. The van der Waals surface area contributed by atoms with Gasteiger partial charge in [-0.3, -0.25) is 4.79 Å². The number of rotatable bonds is 7. The SMILES string of the molecule is CCCN(c1ccc(C=O)c(OC)c1)c1cc(C)cc([N+](=O)[O-])n1. The van der Waals surface area contributed by atoms with Crippen molar-refractivity contribution in [3.8, 4) is 5.75 Å². The molecule has 0 saturated heterocycles. The van der Waals surface area contributed by atoms with Crippen LogP contribution in [-0.2, 0) is 0 Å². The first-order chi connectivity index (χ1) is 11.5. The molecule has 7 heteroatoms. The molecule has 0 amide bonds. The predicted octanol–water partition coefficient (Wildman–Crippen LogP) is 3.67. The minimum atomic E-state index is -0.503. The number of ether oxygens (including phenoxy) is 1. The highest BCUT2D eigenvalue weighted by Crippen LogP contribution is 2.31. The number of aromatic nitrogens is 1. The minimum absolute atomic E-state index is 0.192. The lowest BCUT2D eigenvalue weighted by molar-refractivity contribution is -0.389. The van der Waals surface area contributed by atoms with Crippen molar-refractivity contribution in [1.82, 2.24) is 4.98 Å². The van der Waals surface area contributed by atoms with Gasteiger partial charge in [-0.25, -0.2) is 0 Å². The summed E-state index contributed by atoms with van der Waals surface area (Å²) >= 11 is 0. The van der Waals surface area contributed by atoms with Crippen LogP contribution in [0.15, 0.2) is 30.3 Å². The number of carbonyl (C=O) groups excluding carboxylic acids is 1. The van der Waals surface area contributed by atoms with E-state index in [4.69, 9.17) is 4.74 Å². The van der Waals surface area contributed by atoms with Crippen LogP contribution in [0.4, 0.5) is 17.3 Å². The number of methoxy groups -OCH3 is 1. The Kier molecular flexibility index (Phi) is 5.47. The summed E-state index contributed by atoms with van der Waals surface area (Å²) in [6, 6.07) is 8.40. The van der Waals surface area contributed by atoms with E-state index in [0.29, 0.717) is 23.7 Å². The third-order valence-corrected chi connectivity index (χ3v) is 3.51. The summed E-state index contributed by atoms with van der Waals surface area (Å²) < 4.78 is 5.24. The second-order valence-electron chi connectivity index (χ2n) is 5.31. The van der Waals surface area contributed by atoms with Crippen molar-refractivity contribution < 1.29 is 14.5 Å². The number of nitrogens with zero attached hydrogens (tertiary/aromatic N) is 3. The molecule has 0 aliphatic carbocycles. The quantitative estimate of drug-likeness (QED) is 0.438. The monoisotopic (exact) mass is 329 g/mol. The Morgan fingerprint density at radius 3 is 2.67 bits per heavy atom. The molecule has 0 unspecified atom stereocenters. The second kappa shape index (κ2) is 7.54. The average molecular weight is 329 g/mol. The van der Waals surface area contributed by atoms with Gasteiger partial charge in [0.05, 0.1) is 12.7 Å². The second-order valence-corrected chi connectivity index (χ2v) is 5.31. The van der Waals surface area contributed by atoms with E-state index >= 15 is 0 Å². The number of nitro groups is 1. The van der Waals surface area contributed by atoms with Crippen LogP contribution < -0.4 is 9.64 Å². The standard InChI is InChI=1S/C17H19N3O4/c1-4-7-19(14-6-5-13(11-21)15(10-14)24-3)16-8-12(2)9-17(18-16)20(22)23/h5-6,8-11H,4,7H2,1-3H3. The van der Waals surface area contributed by atoms with Crippen LogP contribution in [0.5, 0.6) is 5.75 Å². The largest absolute Gasteiger partial charge is 0.496 e. The summed E-state index contributed by atoms with van der Waals surface area (Å²) in [5, 5.41) is 11.1. The number of anilines is 2. The van der Waals surface area contributed by atoms with Gasteiger partial charge >= 0.3 is 5.82 Å². The number of aldehydes is 1. The normalized spacial score (nSPS) is 10.3. The molecule has 0 aliphatic heterocycles. The first-order valence-corrected chi connectivity index (χ1v) is 7.54. The van der Waals surface area contributed by atoms with Crippen LogP contribution in [0, 0.1) is 17.0 Å². The summed E-state index contributed by atoms with van der Waals surface area (Å²) in [4.78, 5) is 27.6. The fraction of sp³-hybridized carbons (Fsp3) is 0.294. The van der Waals surface area contributed by atoms with E-state index in [9.17, 15) is 14.9 Å². The minimum Gasteiger partial charge on any atom is -0.496 e. The van der Waals surface area contributed by atoms with Gasteiger partial charge in [-0.15, -0.1) is 0 Å². The molecule has 0 aliphatic rings. The molecule has 1 heterocycles. The molecule has 7 nitrogen and oxygen atoms in total. The molecule has 0 radical (unpaired) electrons. The summed E-state index contributed by atoms with van der Waals surface area (Å²) in [5.41, 5.74) is 1.96. The maximum absolute atomic E-state index is 11.1. The topological polar surface area (TPSA) is 85.6 Å². The van der Waals surface area contributed by atoms with Gasteiger partial charge in [0.1, 0.15) is 5.75 Å². The van der Waals surface area contributed by atoms with E-state index in [0.717, 1.165) is 24.0 Å². The van der Waals surface area contributed by atoms with Crippen molar-refractivity contribution in [1.29, 1.82) is 0 Å². The van der Waals surface area contributed by atoms with Crippen molar-refractivity contribution >= 4 is 23.6 Å². The molecule has 2 aromatic rings. The Balaban J connectivity index is 2.54. The average Bonchev–Trinajstić information content (AvgIpc) is 2.58. The number of hydrogen-bond donors (Lipinski definition) is 0. The molecule has 1 aromatic carbocycles. The highest BCUT2D eigenvalue weighted by Gasteiger charge is 2.19. The Bertz CT molecular complexity index is 761. The molecule has 126 valence electrons. The van der Waals surface area contributed by atoms with Crippen molar-refractivity contribution in [2.24, 2.45) is 0 Å². The summed E-state index contributed by atoms with van der Waals surface area (Å²) in [7, 11) is 1.49. The Hall–Kier alpha value is -2.96. The Morgan fingerprint density at radius 1 is 1.33 bits per heavy atom. The molecule has 1 aromatic heterocycles. The highest BCUT2D eigenvalue weighted by atomic mass is 16.6. The summed E-state index contributed by atoms with van der Waals surface area (Å²) in [5.74, 6) is 0.748. The first kappa shape index (κ1) is 17.4. The van der Waals surface area contributed by atoms with Crippen molar-refractivity contribution in [2.75, 3.05) is 18.6 Å². The lowest BCUT2D eigenvalue weighted by Crippen LogP contribution is -2.19. The zero-order valence-corrected chi connectivity index (χ0v) is 13.9. The zero-order valence-electron chi connectivity index (χ0n) is 13.9. The maximum Gasteiger partial charge on any atom is 0.366 e. The van der Waals surface area contributed by atoms with Gasteiger partial charge in [-0.05, 0) is 40.9 Å². The smallest absolute Gasteiger partial charge is 0.366 e. The van der Waals surface area contributed by atoms with E-state index in [1.54, 1.807) is 31.2 Å². The molecule has 2 rings (SSSR count). The van der Waals surface area contributed by atoms with Gasteiger partial charge in [0.15, 0.2) is 6.29 Å². The van der Waals surface area contributed by atoms with E-state index in [1.807, 2.05) is 11.8 Å².